The Hall–Kier alpha value is -11.6. The number of thiophene rings is 2. The van der Waals surface area contributed by atoms with Crippen molar-refractivity contribution in [1.82, 2.24) is 0 Å². The van der Waals surface area contributed by atoms with Crippen molar-refractivity contribution in [3.8, 4) is 11.5 Å². The molecule has 438 valence electrons. The van der Waals surface area contributed by atoms with E-state index in [1.807, 2.05) is 22.7 Å². The molecule has 0 atom stereocenters. The van der Waals surface area contributed by atoms with Crippen LogP contribution in [0.4, 0.5) is 85.3 Å². The van der Waals surface area contributed by atoms with Crippen molar-refractivity contribution in [2.24, 2.45) is 0 Å². The van der Waals surface area contributed by atoms with Crippen LogP contribution >= 0.6 is 22.7 Å². The van der Waals surface area contributed by atoms with Crippen molar-refractivity contribution >= 4 is 195 Å². The van der Waals surface area contributed by atoms with Gasteiger partial charge in [0.2, 0.25) is 0 Å². The van der Waals surface area contributed by atoms with Crippen molar-refractivity contribution in [1.29, 1.82) is 0 Å². The second-order valence-electron chi connectivity index (χ2n) is 24.7. The molecule has 0 fully saturated rings. The minimum atomic E-state index is -0.194. The van der Waals surface area contributed by atoms with Crippen LogP contribution in [0.2, 0.25) is 0 Å². The van der Waals surface area contributed by atoms with Crippen molar-refractivity contribution in [2.75, 3.05) is 24.5 Å². The fourth-order valence-electron chi connectivity index (χ4n) is 15.8. The molecular weight excluding hydrogens is 1180 g/mol. The molecule has 0 unspecified atom stereocenters. The summed E-state index contributed by atoms with van der Waals surface area (Å²) >= 11 is 3.73. The maximum atomic E-state index is 7.86. The number of hydrogen-bond donors (Lipinski definition) is 0. The molecule has 0 spiro atoms. The molecule has 4 aliphatic rings. The fraction of sp³-hybridized carbons (Fsp3) is 0. The van der Waals surface area contributed by atoms with E-state index in [1.165, 1.54) is 62.2 Å². The summed E-state index contributed by atoms with van der Waals surface area (Å²) in [7, 11) is 0. The molecule has 6 heterocycles. The lowest BCUT2D eigenvalue weighted by atomic mass is 9.30. The van der Waals surface area contributed by atoms with E-state index in [0.29, 0.717) is 0 Å². The molecule has 0 aliphatic carbocycles. The van der Waals surface area contributed by atoms with Gasteiger partial charge in [0, 0.05) is 106 Å². The van der Waals surface area contributed by atoms with E-state index in [2.05, 4.69) is 346 Å². The number of nitrogens with zero attached hydrogens (tertiary/aromatic N) is 5. The van der Waals surface area contributed by atoms with Gasteiger partial charge in [0.25, 0.3) is 13.4 Å². The SMILES string of the molecule is c1ccc(N(c2ccccc2)c2cc3c4c(c2)N(c2cccc5c2sc2ccccc25)c2ccccc2B4c2cc4c(cc2N3c2ccccc2)Oc2cc(N(c3ccccc3)c3cccc5c3sc3ccccc35)cc3c2B4c2ccccc2N3c2ccccc2)cc1. The summed E-state index contributed by atoms with van der Waals surface area (Å²) in [6.45, 7) is -0.380. The summed E-state index contributed by atoms with van der Waals surface area (Å²) in [5, 5.41) is 5.03. The van der Waals surface area contributed by atoms with Crippen molar-refractivity contribution in [2.45, 2.75) is 0 Å². The lowest BCUT2D eigenvalue weighted by Crippen LogP contribution is -2.64. The summed E-state index contributed by atoms with van der Waals surface area (Å²) in [4.78, 5) is 12.5. The Morgan fingerprint density at radius 1 is 0.266 bits per heavy atom. The topological polar surface area (TPSA) is 25.4 Å². The zero-order valence-electron chi connectivity index (χ0n) is 50.7. The maximum absolute atomic E-state index is 7.86. The highest BCUT2D eigenvalue weighted by atomic mass is 32.1. The number of ether oxygens (including phenoxy) is 1. The van der Waals surface area contributed by atoms with Crippen molar-refractivity contribution in [3.63, 3.8) is 0 Å². The number of hydrogen-bond acceptors (Lipinski definition) is 8. The van der Waals surface area contributed by atoms with Gasteiger partial charge in [-0.05, 0) is 148 Å². The molecule has 20 rings (SSSR count). The number of benzene rings is 14. The second-order valence-corrected chi connectivity index (χ2v) is 26.8. The number of rotatable bonds is 9. The molecule has 10 heteroatoms. The Morgan fingerprint density at radius 2 is 0.702 bits per heavy atom. The highest BCUT2D eigenvalue weighted by Crippen LogP contribution is 2.53. The van der Waals surface area contributed by atoms with Crippen LogP contribution in [-0.4, -0.2) is 13.4 Å². The molecule has 0 saturated heterocycles. The molecule has 0 radical (unpaired) electrons. The van der Waals surface area contributed by atoms with Crippen LogP contribution in [0.3, 0.4) is 0 Å². The van der Waals surface area contributed by atoms with E-state index in [1.54, 1.807) is 0 Å². The van der Waals surface area contributed by atoms with Gasteiger partial charge < -0.3 is 29.2 Å². The monoisotopic (exact) mass is 1230 g/mol. The van der Waals surface area contributed by atoms with E-state index in [9.17, 15) is 0 Å². The molecule has 16 aromatic rings. The average Bonchev–Trinajstić information content (AvgIpc) is 0.734. The molecule has 6 nitrogen and oxygen atoms in total. The fourth-order valence-corrected chi connectivity index (χ4v) is 18.2. The third kappa shape index (κ3) is 7.97. The van der Waals surface area contributed by atoms with Crippen LogP contribution in [-0.2, 0) is 0 Å². The van der Waals surface area contributed by atoms with Crippen LogP contribution in [0, 0.1) is 0 Å². The lowest BCUT2D eigenvalue weighted by Gasteiger charge is -2.46. The molecule has 0 saturated carbocycles. The number of fused-ring (bicyclic) bond motifs is 14. The van der Waals surface area contributed by atoms with Gasteiger partial charge in [-0.15, -0.1) is 22.7 Å². The Labute approximate surface area is 553 Å². The van der Waals surface area contributed by atoms with Crippen molar-refractivity contribution in [3.05, 3.63) is 322 Å². The third-order valence-electron chi connectivity index (χ3n) is 19.6. The minimum absolute atomic E-state index is 0.186. The smallest absolute Gasteiger partial charge is 0.256 e. The van der Waals surface area contributed by atoms with Crippen LogP contribution in [0.5, 0.6) is 11.5 Å². The van der Waals surface area contributed by atoms with E-state index < -0.39 is 0 Å². The van der Waals surface area contributed by atoms with Gasteiger partial charge in [-0.3, -0.25) is 0 Å². The first kappa shape index (κ1) is 53.1. The van der Waals surface area contributed by atoms with Crippen LogP contribution < -0.4 is 62.0 Å². The van der Waals surface area contributed by atoms with E-state index >= 15 is 0 Å². The zero-order chi connectivity index (χ0) is 61.5. The predicted molar refractivity (Wildman–Crippen MR) is 401 cm³/mol. The summed E-state index contributed by atoms with van der Waals surface area (Å²) in [6.07, 6.45) is 0. The second kappa shape index (κ2) is 21.0. The van der Waals surface area contributed by atoms with E-state index in [4.69, 9.17) is 4.74 Å². The molecule has 0 bridgehead atoms. The Bertz CT molecular complexity index is 5690. The summed E-state index contributed by atoms with van der Waals surface area (Å²) < 4.78 is 12.9. The minimum Gasteiger partial charge on any atom is -0.458 e. The first-order valence-corrected chi connectivity index (χ1v) is 33.8. The normalized spacial score (nSPS) is 13.1. The van der Waals surface area contributed by atoms with E-state index in [0.717, 1.165) is 108 Å². The van der Waals surface area contributed by atoms with Gasteiger partial charge in [-0.1, -0.05) is 194 Å². The van der Waals surface area contributed by atoms with E-state index in [-0.39, 0.29) is 13.4 Å². The largest absolute Gasteiger partial charge is 0.458 e. The van der Waals surface area contributed by atoms with Crippen LogP contribution in [0.1, 0.15) is 0 Å². The predicted octanol–water partition coefficient (Wildman–Crippen LogP) is 19.8. The Morgan fingerprint density at radius 3 is 1.32 bits per heavy atom. The molecule has 0 amide bonds. The lowest BCUT2D eigenvalue weighted by molar-refractivity contribution is 0.488. The number of anilines is 15. The number of para-hydroxylation sites is 7. The molecular formula is C84H53B2N5OS2. The molecule has 94 heavy (non-hydrogen) atoms. The van der Waals surface area contributed by atoms with Crippen molar-refractivity contribution < 1.29 is 4.74 Å². The molecule has 0 N–H and O–H groups in total. The van der Waals surface area contributed by atoms with Gasteiger partial charge >= 0.3 is 0 Å². The summed E-state index contributed by atoms with van der Waals surface area (Å²) in [6, 6.07) is 119. The average molecular weight is 1230 g/mol. The van der Waals surface area contributed by atoms with Gasteiger partial charge in [0.15, 0.2) is 0 Å². The maximum Gasteiger partial charge on any atom is 0.256 e. The molecule has 14 aromatic carbocycles. The first-order chi connectivity index (χ1) is 46.7. The Balaban J connectivity index is 0.865. The Kier molecular flexibility index (Phi) is 11.9. The standard InChI is InChI=1S/C84H53B2N5OS2/c1-6-26-54(27-7-1)87(55-28-8-2-9-29-55)59-48-74-81-75(49-59)91(72-45-25-39-64-62-37-17-23-47-80(62)94-84(64)72)70-43-21-19-41-66(70)85(81)67-52-68-77(53-73(67)90(74)58-34-14-5-15-35-58)92-78-51-60(50-76-82(78)86(68)65-40-18-20-42-69(65)89(76)57-32-12-4-13-33-57)88(56-30-10-3-11-31-56)71-44-24-38-63-61-36-16-22-46-79(61)93-83(63)71/h1-53H. The first-order valence-electron chi connectivity index (χ1n) is 32.1. The van der Waals surface area contributed by atoms with Crippen LogP contribution in [0.15, 0.2) is 322 Å². The van der Waals surface area contributed by atoms with Gasteiger partial charge in [0.05, 0.1) is 32.1 Å². The molecule has 2 aromatic heterocycles. The van der Waals surface area contributed by atoms with Gasteiger partial charge in [-0.2, -0.15) is 0 Å². The third-order valence-corrected chi connectivity index (χ3v) is 22.0. The van der Waals surface area contributed by atoms with Crippen LogP contribution in [0.25, 0.3) is 40.3 Å². The highest BCUT2D eigenvalue weighted by molar-refractivity contribution is 7.27. The summed E-state index contributed by atoms with van der Waals surface area (Å²) in [5.41, 5.74) is 23.5. The highest BCUT2D eigenvalue weighted by Gasteiger charge is 2.48. The quantitative estimate of drug-likeness (QED) is 0.134. The molecule has 4 aliphatic heterocycles. The summed E-state index contributed by atoms with van der Waals surface area (Å²) in [5.74, 6) is 1.66. The van der Waals surface area contributed by atoms with Gasteiger partial charge in [-0.25, -0.2) is 0 Å². The zero-order valence-corrected chi connectivity index (χ0v) is 52.3. The van der Waals surface area contributed by atoms with Gasteiger partial charge in [0.1, 0.15) is 11.5 Å².